The summed E-state index contributed by atoms with van der Waals surface area (Å²) in [6.45, 7) is 1.01. The average molecular weight is 250 g/mol. The van der Waals surface area contributed by atoms with Crippen LogP contribution >= 0.6 is 0 Å². The first-order chi connectivity index (χ1) is 7.77. The van der Waals surface area contributed by atoms with E-state index in [2.05, 4.69) is 0 Å². The van der Waals surface area contributed by atoms with Crippen molar-refractivity contribution in [3.63, 3.8) is 0 Å². The number of Topliss-reactive ketones (excluding diaryl/α,β-unsaturated/α-hetero) is 1. The van der Waals surface area contributed by atoms with E-state index in [1.807, 2.05) is 0 Å². The second-order valence-electron chi connectivity index (χ2n) is 3.73. The number of carbonyl (C=O) groups excluding carboxylic acids is 1. The zero-order valence-corrected chi connectivity index (χ0v) is 9.23. The number of aliphatic carboxylic acids is 1. The van der Waals surface area contributed by atoms with Crippen molar-refractivity contribution in [3.8, 4) is 0 Å². The molecule has 0 bridgehead atoms. The minimum absolute atomic E-state index is 0.815. The first-order valence-electron chi connectivity index (χ1n) is 4.79. The van der Waals surface area contributed by atoms with E-state index in [1.54, 1.807) is 0 Å². The Bertz CT molecular complexity index is 329. The number of carbonyl (C=O) groups is 2. The van der Waals surface area contributed by atoms with E-state index in [4.69, 9.17) is 14.6 Å². The Morgan fingerprint density at radius 1 is 1.24 bits per heavy atom. The molecule has 1 aliphatic heterocycles. The second-order valence-corrected chi connectivity index (χ2v) is 3.73. The number of rotatable bonds is 3. The highest BCUT2D eigenvalue weighted by Gasteiger charge is 2.58. The molecule has 0 amide bonds. The molecule has 1 rings (SSSR count). The molecule has 8 nitrogen and oxygen atoms in total. The first kappa shape index (κ1) is 14.0. The van der Waals surface area contributed by atoms with Gasteiger partial charge in [0.15, 0.2) is 11.9 Å². The topological polar surface area (TPSA) is 134 Å². The molecule has 1 aliphatic rings. The molecule has 0 aliphatic carbocycles. The summed E-state index contributed by atoms with van der Waals surface area (Å²) >= 11 is 0. The van der Waals surface area contributed by atoms with Crippen LogP contribution in [0, 0.1) is 0 Å². The first-order valence-corrected chi connectivity index (χ1v) is 4.79. The molecule has 5 atom stereocenters. The summed E-state index contributed by atoms with van der Waals surface area (Å²) in [5, 5.41) is 37.3. The van der Waals surface area contributed by atoms with Crippen LogP contribution in [0.15, 0.2) is 0 Å². The molecule has 98 valence electrons. The molecule has 8 heteroatoms. The van der Waals surface area contributed by atoms with Gasteiger partial charge in [-0.3, -0.25) is 4.79 Å². The summed E-state index contributed by atoms with van der Waals surface area (Å²) in [6.07, 6.45) is -7.47. The highest BCUT2D eigenvalue weighted by Crippen LogP contribution is 2.31. The molecular weight excluding hydrogens is 236 g/mol. The number of methoxy groups -OCH3 is 1. The number of ketones is 1. The molecule has 17 heavy (non-hydrogen) atoms. The number of aliphatic hydroxyl groups is 3. The maximum Gasteiger partial charge on any atom is 0.335 e. The van der Waals surface area contributed by atoms with Crippen LogP contribution in [0.2, 0.25) is 0 Å². The largest absolute Gasteiger partial charge is 0.479 e. The van der Waals surface area contributed by atoms with Gasteiger partial charge in [0.25, 0.3) is 5.79 Å². The van der Waals surface area contributed by atoms with Gasteiger partial charge in [-0.2, -0.15) is 0 Å². The monoisotopic (exact) mass is 250 g/mol. The van der Waals surface area contributed by atoms with E-state index in [-0.39, 0.29) is 0 Å². The molecule has 0 saturated carbocycles. The van der Waals surface area contributed by atoms with E-state index in [9.17, 15) is 24.9 Å². The van der Waals surface area contributed by atoms with Gasteiger partial charge in [0, 0.05) is 14.0 Å². The van der Waals surface area contributed by atoms with Crippen LogP contribution in [0.1, 0.15) is 6.92 Å². The SMILES string of the molecule is COC1(C(C)=O)O[C@H](C(=O)O)[C@@H](O)[C@H](O)[C@H]1O. The maximum atomic E-state index is 11.4. The molecule has 1 heterocycles. The van der Waals surface area contributed by atoms with E-state index in [1.165, 1.54) is 0 Å². The number of hydrogen-bond acceptors (Lipinski definition) is 7. The summed E-state index contributed by atoms with van der Waals surface area (Å²) in [5.74, 6) is -4.68. The van der Waals surface area contributed by atoms with Crippen LogP contribution in [0.4, 0.5) is 0 Å². The van der Waals surface area contributed by atoms with Gasteiger partial charge in [-0.25, -0.2) is 4.79 Å². The molecule has 0 aromatic rings. The maximum absolute atomic E-state index is 11.4. The highest BCUT2D eigenvalue weighted by molar-refractivity contribution is 5.85. The van der Waals surface area contributed by atoms with Crippen molar-refractivity contribution in [1.29, 1.82) is 0 Å². The minimum Gasteiger partial charge on any atom is -0.479 e. The van der Waals surface area contributed by atoms with Crippen LogP contribution in [-0.2, 0) is 19.1 Å². The van der Waals surface area contributed by atoms with E-state index in [0.717, 1.165) is 14.0 Å². The van der Waals surface area contributed by atoms with Gasteiger partial charge in [-0.05, 0) is 0 Å². The number of carboxylic acids is 1. The highest BCUT2D eigenvalue weighted by atomic mass is 16.7. The Hall–Kier alpha value is -1.06. The number of ether oxygens (including phenoxy) is 2. The van der Waals surface area contributed by atoms with Gasteiger partial charge in [-0.15, -0.1) is 0 Å². The quantitative estimate of drug-likeness (QED) is 0.431. The molecule has 4 N–H and O–H groups in total. The fourth-order valence-corrected chi connectivity index (χ4v) is 1.72. The molecule has 1 unspecified atom stereocenters. The Labute approximate surface area is 96.4 Å². The van der Waals surface area contributed by atoms with Crippen molar-refractivity contribution in [3.05, 3.63) is 0 Å². The lowest BCUT2D eigenvalue weighted by atomic mass is 9.90. The Morgan fingerprint density at radius 3 is 2.12 bits per heavy atom. The van der Waals surface area contributed by atoms with Crippen molar-refractivity contribution in [1.82, 2.24) is 0 Å². The Morgan fingerprint density at radius 2 is 1.76 bits per heavy atom. The normalized spacial score (nSPS) is 42.2. The number of aliphatic hydroxyl groups excluding tert-OH is 3. The van der Waals surface area contributed by atoms with Crippen molar-refractivity contribution < 1.29 is 39.5 Å². The predicted molar refractivity (Wildman–Crippen MR) is 51.0 cm³/mol. The third-order valence-corrected chi connectivity index (χ3v) is 2.71. The molecule has 1 fully saturated rings. The smallest absolute Gasteiger partial charge is 0.335 e. The summed E-state index contributed by atoms with van der Waals surface area (Å²) in [5.41, 5.74) is 0. The van der Waals surface area contributed by atoms with Gasteiger partial charge in [0.1, 0.15) is 18.3 Å². The number of carboxylic acid groups (broad SMARTS) is 1. The molecule has 0 aromatic carbocycles. The lowest BCUT2D eigenvalue weighted by molar-refractivity contribution is -0.330. The Kier molecular flexibility index (Phi) is 3.84. The van der Waals surface area contributed by atoms with Gasteiger partial charge in [0.2, 0.25) is 0 Å². The molecule has 0 radical (unpaired) electrons. The lowest BCUT2D eigenvalue weighted by Crippen LogP contribution is -2.69. The standard InChI is InChI=1S/C9H14O8/c1-3(10)9(16-2)7(13)5(12)4(11)6(17-9)8(14)15/h4-7,11-13H,1-2H3,(H,14,15)/t4-,5-,6-,7+,9?/m0/s1. The molecule has 1 saturated heterocycles. The van der Waals surface area contributed by atoms with Gasteiger partial charge < -0.3 is 29.9 Å². The third kappa shape index (κ3) is 2.05. The van der Waals surface area contributed by atoms with Crippen molar-refractivity contribution >= 4 is 11.8 Å². The molecule has 0 aromatic heterocycles. The third-order valence-electron chi connectivity index (χ3n) is 2.71. The van der Waals surface area contributed by atoms with Crippen LogP contribution in [0.3, 0.4) is 0 Å². The Balaban J connectivity index is 3.16. The van der Waals surface area contributed by atoms with Crippen LogP contribution in [-0.4, -0.2) is 69.5 Å². The lowest BCUT2D eigenvalue weighted by Gasteiger charge is -2.44. The minimum atomic E-state index is -2.29. The zero-order valence-electron chi connectivity index (χ0n) is 9.23. The van der Waals surface area contributed by atoms with Crippen molar-refractivity contribution in [2.75, 3.05) is 7.11 Å². The zero-order chi connectivity index (χ0) is 13.4. The van der Waals surface area contributed by atoms with E-state index < -0.39 is 42.0 Å². The van der Waals surface area contributed by atoms with Gasteiger partial charge in [-0.1, -0.05) is 0 Å². The van der Waals surface area contributed by atoms with Crippen molar-refractivity contribution in [2.24, 2.45) is 0 Å². The number of hydrogen-bond donors (Lipinski definition) is 4. The average Bonchev–Trinajstić information content (AvgIpc) is 2.26. The fraction of sp³-hybridized carbons (Fsp3) is 0.778. The van der Waals surface area contributed by atoms with Crippen LogP contribution in [0.25, 0.3) is 0 Å². The summed E-state index contributed by atoms with van der Waals surface area (Å²) in [6, 6.07) is 0. The second kappa shape index (κ2) is 4.67. The summed E-state index contributed by atoms with van der Waals surface area (Å²) < 4.78 is 9.51. The predicted octanol–water partition coefficient (Wildman–Crippen LogP) is -2.52. The van der Waals surface area contributed by atoms with Gasteiger partial charge in [0.05, 0.1) is 0 Å². The molecular formula is C9H14O8. The van der Waals surface area contributed by atoms with Crippen LogP contribution in [0.5, 0.6) is 0 Å². The van der Waals surface area contributed by atoms with Crippen molar-refractivity contribution in [2.45, 2.75) is 37.1 Å². The van der Waals surface area contributed by atoms with E-state index in [0.29, 0.717) is 0 Å². The summed E-state index contributed by atoms with van der Waals surface area (Å²) in [7, 11) is 1.02. The summed E-state index contributed by atoms with van der Waals surface area (Å²) in [4.78, 5) is 22.2. The van der Waals surface area contributed by atoms with E-state index >= 15 is 0 Å². The van der Waals surface area contributed by atoms with Crippen LogP contribution < -0.4 is 0 Å². The fourth-order valence-electron chi connectivity index (χ4n) is 1.72. The molecule has 0 spiro atoms. The van der Waals surface area contributed by atoms with Gasteiger partial charge >= 0.3 is 5.97 Å².